The van der Waals surface area contributed by atoms with Crippen molar-refractivity contribution in [3.63, 3.8) is 0 Å². The maximum absolute atomic E-state index is 14.5. The molecule has 1 amide bonds. The van der Waals surface area contributed by atoms with Gasteiger partial charge in [-0.05, 0) is 84.8 Å². The summed E-state index contributed by atoms with van der Waals surface area (Å²) in [7, 11) is -1.56. The van der Waals surface area contributed by atoms with Crippen LogP contribution in [-0.4, -0.2) is 70.5 Å². The number of hydrogen-bond donors (Lipinski definition) is 0. The van der Waals surface area contributed by atoms with Gasteiger partial charge < -0.3 is 4.90 Å². The lowest BCUT2D eigenvalue weighted by molar-refractivity contribution is -0.136. The highest BCUT2D eigenvalue weighted by molar-refractivity contribution is 7.85. The fourth-order valence-electron chi connectivity index (χ4n) is 7.72. The van der Waals surface area contributed by atoms with Crippen LogP contribution in [0, 0.1) is 31.4 Å². The first-order valence-corrected chi connectivity index (χ1v) is 20.2. The summed E-state index contributed by atoms with van der Waals surface area (Å²) in [4.78, 5) is 28.0. The highest BCUT2D eigenvalue weighted by Crippen LogP contribution is 2.38. The molecule has 3 atom stereocenters. The van der Waals surface area contributed by atoms with Gasteiger partial charge in [-0.3, -0.25) is 14.7 Å². The number of aromatic nitrogens is 5. The Bertz CT molecular complexity index is 2300. The second-order valence-electron chi connectivity index (χ2n) is 14.0. The molecule has 3 aromatic carbocycles. The quantitative estimate of drug-likeness (QED) is 0.149. The number of likely N-dealkylation sites (tertiary alicyclic amines) is 2. The Morgan fingerprint density at radius 2 is 1.53 bits per heavy atom. The molecule has 3 aromatic heterocycles. The van der Waals surface area contributed by atoms with Crippen molar-refractivity contribution in [2.45, 2.75) is 43.4 Å². The van der Waals surface area contributed by atoms with Crippen LogP contribution in [0.4, 0.5) is 8.78 Å². The molecule has 2 fully saturated rings. The summed E-state index contributed by atoms with van der Waals surface area (Å²) in [6.45, 7) is 6.87. The molecule has 5 heterocycles. The van der Waals surface area contributed by atoms with E-state index in [2.05, 4.69) is 32.3 Å². The van der Waals surface area contributed by atoms with Crippen molar-refractivity contribution in [2.75, 3.05) is 26.2 Å². The first kappa shape index (κ1) is 36.7. The van der Waals surface area contributed by atoms with E-state index in [0.29, 0.717) is 60.3 Å². The molecule has 55 heavy (non-hydrogen) atoms. The predicted octanol–water partition coefficient (Wildman–Crippen LogP) is 7.60. The maximum Gasteiger partial charge on any atom is 0.227 e. The summed E-state index contributed by atoms with van der Waals surface area (Å²) in [6.07, 6.45) is 4.77. The number of halogens is 2. The molecule has 0 radical (unpaired) electrons. The average Bonchev–Trinajstić information content (AvgIpc) is 3.95. The second-order valence-corrected chi connectivity index (χ2v) is 16.8. The van der Waals surface area contributed by atoms with Crippen LogP contribution in [0.5, 0.6) is 0 Å². The van der Waals surface area contributed by atoms with Gasteiger partial charge in [-0.25, -0.2) is 18.0 Å². The molecule has 0 aliphatic carbocycles. The molecular formula is C42H39F2N7O2S2. The summed E-state index contributed by atoms with van der Waals surface area (Å²) in [5, 5.41) is 9.23. The van der Waals surface area contributed by atoms with Gasteiger partial charge in [-0.15, -0.1) is 16.4 Å². The Balaban J connectivity index is 1.02. The van der Waals surface area contributed by atoms with E-state index in [1.165, 1.54) is 45.3 Å². The third kappa shape index (κ3) is 7.96. The van der Waals surface area contributed by atoms with Crippen LogP contribution in [0.1, 0.15) is 51.7 Å². The molecule has 6 aromatic rings. The molecule has 0 bridgehead atoms. The molecule has 0 spiro atoms. The predicted molar refractivity (Wildman–Crippen MR) is 209 cm³/mol. The van der Waals surface area contributed by atoms with Gasteiger partial charge in [0.25, 0.3) is 0 Å². The van der Waals surface area contributed by atoms with Gasteiger partial charge in [-0.1, -0.05) is 71.5 Å². The first-order valence-electron chi connectivity index (χ1n) is 18.2. The lowest BCUT2D eigenvalue weighted by Gasteiger charge is -2.33. The Morgan fingerprint density at radius 3 is 2.13 bits per heavy atom. The number of thiazole rings is 1. The molecule has 2 saturated heterocycles. The van der Waals surface area contributed by atoms with Crippen LogP contribution in [0.15, 0.2) is 113 Å². The normalized spacial score (nSPS) is 18.1. The summed E-state index contributed by atoms with van der Waals surface area (Å²) in [6, 6.07) is 27.0. The zero-order valence-corrected chi connectivity index (χ0v) is 32.1. The molecule has 2 aliphatic heterocycles. The fourth-order valence-corrected chi connectivity index (χ4v) is 10.0. The second kappa shape index (κ2) is 15.9. The zero-order valence-electron chi connectivity index (χ0n) is 30.4. The van der Waals surface area contributed by atoms with Gasteiger partial charge in [0.1, 0.15) is 21.5 Å². The summed E-state index contributed by atoms with van der Waals surface area (Å²) in [5.41, 5.74) is 7.83. The van der Waals surface area contributed by atoms with Crippen molar-refractivity contribution in [3.8, 4) is 11.4 Å². The average molecular weight is 776 g/mol. The maximum atomic E-state index is 14.5. The van der Waals surface area contributed by atoms with Crippen molar-refractivity contribution in [1.29, 1.82) is 0 Å². The number of carbonyl (C=O) groups excluding carboxylic acids is 1. The van der Waals surface area contributed by atoms with Crippen LogP contribution in [0.3, 0.4) is 0 Å². The molecule has 9 nitrogen and oxygen atoms in total. The monoisotopic (exact) mass is 775 g/mol. The minimum atomic E-state index is -1.56. The van der Waals surface area contributed by atoms with Crippen molar-refractivity contribution in [2.24, 2.45) is 5.92 Å². The minimum absolute atomic E-state index is 0.0792. The standard InChI is InChI=1S/C42H39F2N7O2S2/c1-27-42(54-28(2)46-27)55(53)51-26-39(47-48-51)38-17-12-33(22-45-38)36-24-49(23-29-6-4-3-5-7-29)25-37(36)41(52)50-20-18-32(19-21-50)40(30-8-13-34(43)14-9-30)31-10-15-35(44)16-11-31/h3-17,22,26,36-37H,18-21,23-25H2,1-2H3. The van der Waals surface area contributed by atoms with Crippen molar-refractivity contribution in [1.82, 2.24) is 34.2 Å². The van der Waals surface area contributed by atoms with E-state index in [4.69, 9.17) is 4.98 Å². The molecule has 0 saturated carbocycles. The summed E-state index contributed by atoms with van der Waals surface area (Å²) in [5.74, 6) is -0.867. The van der Waals surface area contributed by atoms with E-state index in [1.807, 2.05) is 55.3 Å². The van der Waals surface area contributed by atoms with Gasteiger partial charge in [0.15, 0.2) is 11.0 Å². The molecule has 8 rings (SSSR count). The lowest BCUT2D eigenvalue weighted by Crippen LogP contribution is -2.42. The Kier molecular flexibility index (Phi) is 10.6. The van der Waals surface area contributed by atoms with E-state index >= 15 is 0 Å². The number of pyridine rings is 1. The highest BCUT2D eigenvalue weighted by atomic mass is 32.2. The number of nitrogens with zero attached hydrogens (tertiary/aromatic N) is 7. The van der Waals surface area contributed by atoms with E-state index < -0.39 is 11.0 Å². The fraction of sp³-hybridized carbons (Fsp3) is 0.262. The summed E-state index contributed by atoms with van der Waals surface area (Å²) >= 11 is 1.38. The molecule has 13 heteroatoms. The Morgan fingerprint density at radius 1 is 0.855 bits per heavy atom. The SMILES string of the molecule is Cc1nc(C)c(S(=O)n2cc(-c3ccc(C4CN(Cc5ccccc5)CC4C(=O)N4CCC(=C(c5ccc(F)cc5)c5ccc(F)cc5)CC4)cn3)nn2)s1. The number of aryl methyl sites for hydroxylation is 2. The topological polar surface area (TPSA) is 97.1 Å². The zero-order chi connectivity index (χ0) is 38.1. The number of rotatable bonds is 9. The van der Waals surface area contributed by atoms with E-state index in [9.17, 15) is 17.8 Å². The summed E-state index contributed by atoms with van der Waals surface area (Å²) < 4.78 is 43.0. The Labute approximate surface area is 325 Å². The number of amides is 1. The van der Waals surface area contributed by atoms with Crippen LogP contribution in [0.25, 0.3) is 17.0 Å². The third-order valence-corrected chi connectivity index (χ3v) is 13.1. The lowest BCUT2D eigenvalue weighted by atomic mass is 9.86. The number of piperidine rings is 1. The van der Waals surface area contributed by atoms with Crippen LogP contribution >= 0.6 is 11.3 Å². The number of benzene rings is 3. The van der Waals surface area contributed by atoms with E-state index in [0.717, 1.165) is 39.4 Å². The van der Waals surface area contributed by atoms with Gasteiger partial charge in [0.05, 0.1) is 28.5 Å². The Hall–Kier alpha value is -5.24. The van der Waals surface area contributed by atoms with Crippen molar-refractivity contribution in [3.05, 3.63) is 154 Å². The van der Waals surface area contributed by atoms with Crippen LogP contribution in [0.2, 0.25) is 0 Å². The molecule has 280 valence electrons. The number of hydrogen-bond acceptors (Lipinski definition) is 8. The van der Waals surface area contributed by atoms with Crippen molar-refractivity contribution >= 4 is 33.8 Å². The van der Waals surface area contributed by atoms with E-state index in [-0.39, 0.29) is 29.4 Å². The first-order chi connectivity index (χ1) is 26.7. The van der Waals surface area contributed by atoms with Crippen LogP contribution < -0.4 is 0 Å². The van der Waals surface area contributed by atoms with E-state index in [1.54, 1.807) is 30.5 Å². The largest absolute Gasteiger partial charge is 0.342 e. The van der Waals surface area contributed by atoms with Crippen molar-refractivity contribution < 1.29 is 17.8 Å². The van der Waals surface area contributed by atoms with Gasteiger partial charge in [-0.2, -0.15) is 4.09 Å². The van der Waals surface area contributed by atoms with Gasteiger partial charge in [0.2, 0.25) is 5.91 Å². The van der Waals surface area contributed by atoms with Gasteiger partial charge in [0, 0.05) is 44.8 Å². The highest BCUT2D eigenvalue weighted by Gasteiger charge is 2.41. The number of carbonyl (C=O) groups is 1. The third-order valence-electron chi connectivity index (χ3n) is 10.4. The smallest absolute Gasteiger partial charge is 0.227 e. The molecule has 2 aliphatic rings. The van der Waals surface area contributed by atoms with Gasteiger partial charge >= 0.3 is 0 Å². The molecular weight excluding hydrogens is 737 g/mol. The molecule has 3 unspecified atom stereocenters. The molecule has 0 N–H and O–H groups in total. The minimum Gasteiger partial charge on any atom is -0.342 e. The van der Waals surface area contributed by atoms with Crippen LogP contribution in [-0.2, 0) is 22.3 Å².